The number of anilines is 2. The van der Waals surface area contributed by atoms with Crippen molar-refractivity contribution in [2.75, 3.05) is 17.3 Å². The molecule has 0 unspecified atom stereocenters. The van der Waals surface area contributed by atoms with Crippen molar-refractivity contribution in [2.24, 2.45) is 0 Å². The van der Waals surface area contributed by atoms with Gasteiger partial charge < -0.3 is 17.3 Å². The van der Waals surface area contributed by atoms with Gasteiger partial charge in [0.2, 0.25) is 5.95 Å². The molecule has 0 amide bonds. The van der Waals surface area contributed by atoms with E-state index in [0.29, 0.717) is 11.5 Å². The Kier molecular flexibility index (Phi) is 2.47. The number of rotatable bonds is 2. The molecule has 0 saturated carbocycles. The van der Waals surface area contributed by atoms with Crippen molar-refractivity contribution in [2.45, 2.75) is 0 Å². The Balaban J connectivity index is 2.24. The first-order valence-corrected chi connectivity index (χ1v) is 4.66. The molecule has 82 valence electrons. The van der Waals surface area contributed by atoms with Crippen LogP contribution in [0.2, 0.25) is 0 Å². The van der Waals surface area contributed by atoms with E-state index in [2.05, 4.69) is 10.2 Å². The van der Waals surface area contributed by atoms with Gasteiger partial charge in [0, 0.05) is 5.69 Å². The van der Waals surface area contributed by atoms with Crippen molar-refractivity contribution < 1.29 is 0 Å². The van der Waals surface area contributed by atoms with Crippen LogP contribution in [0.1, 0.15) is 11.4 Å². The molecule has 0 fully saturated rings. The van der Waals surface area contributed by atoms with Gasteiger partial charge in [-0.1, -0.05) is 18.2 Å². The molecule has 1 heterocycles. The number of nitrogens with two attached hydrogens (primary N) is 3. The lowest BCUT2D eigenvalue weighted by molar-refractivity contribution is 0.991. The van der Waals surface area contributed by atoms with Gasteiger partial charge in [-0.3, -0.25) is 0 Å². The van der Waals surface area contributed by atoms with Gasteiger partial charge in [-0.05, 0) is 23.8 Å². The predicted molar refractivity (Wildman–Crippen MR) is 64.4 cm³/mol. The summed E-state index contributed by atoms with van der Waals surface area (Å²) in [7, 11) is 0. The van der Waals surface area contributed by atoms with E-state index in [0.717, 1.165) is 5.56 Å². The third-order valence-electron chi connectivity index (χ3n) is 2.08. The fourth-order valence-electron chi connectivity index (χ4n) is 1.26. The maximum absolute atomic E-state index is 5.65. The van der Waals surface area contributed by atoms with Crippen LogP contribution in [-0.2, 0) is 0 Å². The Bertz CT molecular complexity index is 528. The predicted octanol–water partition coefficient (Wildman–Crippen LogP) is 0.327. The van der Waals surface area contributed by atoms with E-state index in [4.69, 9.17) is 17.3 Å². The van der Waals surface area contributed by atoms with Crippen molar-refractivity contribution in [3.8, 4) is 0 Å². The third kappa shape index (κ3) is 1.95. The molecule has 6 N–H and O–H groups in total. The van der Waals surface area contributed by atoms with E-state index in [1.807, 2.05) is 30.3 Å². The minimum absolute atomic E-state index is 0.173. The molecule has 0 aliphatic rings. The zero-order valence-corrected chi connectivity index (χ0v) is 8.54. The second-order valence-electron chi connectivity index (χ2n) is 3.29. The van der Waals surface area contributed by atoms with Gasteiger partial charge in [-0.15, -0.1) is 10.2 Å². The van der Waals surface area contributed by atoms with Crippen LogP contribution in [0.5, 0.6) is 0 Å². The number of hydrogen-bond acceptors (Lipinski definition) is 5. The SMILES string of the molecule is Nc1cccc(/C=C/c2nnc(N)n2N)c1. The average Bonchev–Trinajstić information content (AvgIpc) is 2.57. The Hall–Kier alpha value is -2.50. The number of nitrogen functional groups attached to an aromatic ring is 3. The molecule has 6 nitrogen and oxygen atoms in total. The van der Waals surface area contributed by atoms with E-state index in [9.17, 15) is 0 Å². The highest BCUT2D eigenvalue weighted by Crippen LogP contribution is 2.10. The molecule has 0 aliphatic heterocycles. The zero-order chi connectivity index (χ0) is 11.5. The lowest BCUT2D eigenvalue weighted by atomic mass is 10.2. The van der Waals surface area contributed by atoms with Crippen LogP contribution >= 0.6 is 0 Å². The lowest BCUT2D eigenvalue weighted by Crippen LogP contribution is -2.13. The normalized spacial score (nSPS) is 11.0. The minimum atomic E-state index is 0.173. The highest BCUT2D eigenvalue weighted by atomic mass is 15.4. The number of aromatic nitrogens is 3. The van der Waals surface area contributed by atoms with Gasteiger partial charge in [0.1, 0.15) is 0 Å². The first-order chi connectivity index (χ1) is 7.66. The molecule has 0 bridgehead atoms. The van der Waals surface area contributed by atoms with Crippen molar-refractivity contribution >= 4 is 23.8 Å². The van der Waals surface area contributed by atoms with Gasteiger partial charge in [0.25, 0.3) is 0 Å². The molecule has 0 spiro atoms. The minimum Gasteiger partial charge on any atom is -0.399 e. The summed E-state index contributed by atoms with van der Waals surface area (Å²) in [4.78, 5) is 0. The molecular formula is C10H12N6. The molecule has 1 aromatic carbocycles. The first kappa shape index (κ1) is 10.0. The molecule has 0 saturated heterocycles. The molecule has 0 atom stereocenters. The van der Waals surface area contributed by atoms with E-state index in [1.165, 1.54) is 4.68 Å². The largest absolute Gasteiger partial charge is 0.399 e. The van der Waals surface area contributed by atoms with Gasteiger partial charge in [0.15, 0.2) is 5.82 Å². The van der Waals surface area contributed by atoms with Crippen LogP contribution in [0.3, 0.4) is 0 Å². The number of benzene rings is 1. The van der Waals surface area contributed by atoms with Crippen molar-refractivity contribution in [3.63, 3.8) is 0 Å². The van der Waals surface area contributed by atoms with Crippen molar-refractivity contribution in [1.29, 1.82) is 0 Å². The average molecular weight is 216 g/mol. The Morgan fingerprint density at radius 2 is 1.94 bits per heavy atom. The summed E-state index contributed by atoms with van der Waals surface area (Å²) in [5.74, 6) is 6.25. The summed E-state index contributed by atoms with van der Waals surface area (Å²) in [6.45, 7) is 0. The highest BCUT2D eigenvalue weighted by Gasteiger charge is 2.01. The lowest BCUT2D eigenvalue weighted by Gasteiger charge is -1.96. The van der Waals surface area contributed by atoms with Crippen LogP contribution in [-0.4, -0.2) is 14.9 Å². The topological polar surface area (TPSA) is 109 Å². The molecule has 1 aromatic heterocycles. The van der Waals surface area contributed by atoms with Crippen molar-refractivity contribution in [1.82, 2.24) is 14.9 Å². The van der Waals surface area contributed by atoms with Crippen molar-refractivity contribution in [3.05, 3.63) is 35.7 Å². The van der Waals surface area contributed by atoms with E-state index in [-0.39, 0.29) is 5.95 Å². The Morgan fingerprint density at radius 3 is 2.56 bits per heavy atom. The molecule has 16 heavy (non-hydrogen) atoms. The Morgan fingerprint density at radius 1 is 1.12 bits per heavy atom. The third-order valence-corrected chi connectivity index (χ3v) is 2.08. The molecule has 2 rings (SSSR count). The van der Waals surface area contributed by atoms with E-state index < -0.39 is 0 Å². The van der Waals surface area contributed by atoms with Crippen LogP contribution in [0.15, 0.2) is 24.3 Å². The maximum Gasteiger partial charge on any atom is 0.241 e. The van der Waals surface area contributed by atoms with E-state index >= 15 is 0 Å². The van der Waals surface area contributed by atoms with Gasteiger partial charge in [-0.2, -0.15) is 0 Å². The summed E-state index contributed by atoms with van der Waals surface area (Å²) in [5.41, 5.74) is 12.8. The standard InChI is InChI=1S/C10H12N6/c11-8-3-1-2-7(6-8)4-5-9-14-15-10(12)16(9)13/h1-6H,11,13H2,(H2,12,15)/b5-4+. The second-order valence-corrected chi connectivity index (χ2v) is 3.29. The maximum atomic E-state index is 5.65. The fourth-order valence-corrected chi connectivity index (χ4v) is 1.26. The first-order valence-electron chi connectivity index (χ1n) is 4.66. The molecule has 0 radical (unpaired) electrons. The summed E-state index contributed by atoms with van der Waals surface area (Å²) < 4.78 is 1.21. The van der Waals surface area contributed by atoms with Crippen LogP contribution in [0.4, 0.5) is 11.6 Å². The number of nitrogens with zero attached hydrogens (tertiary/aromatic N) is 3. The summed E-state index contributed by atoms with van der Waals surface area (Å²) >= 11 is 0. The summed E-state index contributed by atoms with van der Waals surface area (Å²) in [6.07, 6.45) is 3.56. The summed E-state index contributed by atoms with van der Waals surface area (Å²) in [6, 6.07) is 7.46. The van der Waals surface area contributed by atoms with Gasteiger partial charge >= 0.3 is 0 Å². The molecule has 0 aliphatic carbocycles. The zero-order valence-electron chi connectivity index (χ0n) is 8.54. The van der Waals surface area contributed by atoms with Crippen LogP contribution < -0.4 is 17.3 Å². The number of hydrogen-bond donors (Lipinski definition) is 3. The molecule has 2 aromatic rings. The molecular weight excluding hydrogens is 204 g/mol. The van der Waals surface area contributed by atoms with Gasteiger partial charge in [0.05, 0.1) is 0 Å². The van der Waals surface area contributed by atoms with Gasteiger partial charge in [-0.25, -0.2) is 4.68 Å². The molecule has 6 heteroatoms. The summed E-state index contributed by atoms with van der Waals surface area (Å²) in [5, 5.41) is 7.43. The second kappa shape index (κ2) is 3.93. The quantitative estimate of drug-likeness (QED) is 0.495. The Labute approximate surface area is 92.3 Å². The highest BCUT2D eigenvalue weighted by molar-refractivity contribution is 5.68. The monoisotopic (exact) mass is 216 g/mol. The van der Waals surface area contributed by atoms with E-state index in [1.54, 1.807) is 6.08 Å². The van der Waals surface area contributed by atoms with Crippen LogP contribution in [0, 0.1) is 0 Å². The smallest absolute Gasteiger partial charge is 0.241 e. The van der Waals surface area contributed by atoms with Crippen LogP contribution in [0.25, 0.3) is 12.2 Å². The fraction of sp³-hybridized carbons (Fsp3) is 0.